The summed E-state index contributed by atoms with van der Waals surface area (Å²) in [6, 6.07) is 9.44. The highest BCUT2D eigenvalue weighted by Gasteiger charge is 2.66. The molecule has 0 aromatic heterocycles. The minimum absolute atomic E-state index is 0.173. The first-order chi connectivity index (χ1) is 7.41. The lowest BCUT2D eigenvalue weighted by Gasteiger charge is -2.07. The van der Waals surface area contributed by atoms with Crippen molar-refractivity contribution >= 4 is 9.84 Å². The van der Waals surface area contributed by atoms with E-state index in [0.717, 1.165) is 5.56 Å². The fraction of sp³-hybridized carbons (Fsp3) is 0.455. The number of rotatable bonds is 3. The number of hydrogen-bond acceptors (Lipinski definition) is 4. The third-order valence-electron chi connectivity index (χ3n) is 3.28. The Morgan fingerprint density at radius 3 is 2.25 bits per heavy atom. The maximum absolute atomic E-state index is 11.6. The van der Waals surface area contributed by atoms with Crippen molar-refractivity contribution in [3.8, 4) is 0 Å². The van der Waals surface area contributed by atoms with Crippen LogP contribution >= 0.6 is 0 Å². The van der Waals surface area contributed by atoms with Gasteiger partial charge in [-0.05, 0) is 5.56 Å². The lowest BCUT2D eigenvalue weighted by atomic mass is 10.1. The van der Waals surface area contributed by atoms with Crippen LogP contribution < -0.4 is 11.5 Å². The van der Waals surface area contributed by atoms with Gasteiger partial charge >= 0.3 is 0 Å². The molecule has 0 spiro atoms. The van der Waals surface area contributed by atoms with Crippen LogP contribution in [0.15, 0.2) is 30.3 Å². The third-order valence-corrected chi connectivity index (χ3v) is 4.91. The molecule has 3 atom stereocenters. The largest absolute Gasteiger partial charge is 0.329 e. The molecule has 1 aromatic carbocycles. The predicted octanol–water partition coefficient (Wildman–Crippen LogP) is -0.147. The van der Waals surface area contributed by atoms with Gasteiger partial charge in [0, 0.05) is 18.7 Å². The van der Waals surface area contributed by atoms with Gasteiger partial charge in [-0.1, -0.05) is 30.3 Å². The summed E-state index contributed by atoms with van der Waals surface area (Å²) in [7, 11) is -3.15. The van der Waals surface area contributed by atoms with Crippen molar-refractivity contribution in [2.75, 3.05) is 12.8 Å². The van der Waals surface area contributed by atoms with Gasteiger partial charge in [0.05, 0.1) is 10.8 Å². The Labute approximate surface area is 95.6 Å². The molecule has 1 aliphatic rings. The van der Waals surface area contributed by atoms with E-state index in [1.54, 1.807) is 0 Å². The molecule has 4 N–H and O–H groups in total. The van der Waals surface area contributed by atoms with Gasteiger partial charge in [-0.2, -0.15) is 0 Å². The number of hydrogen-bond donors (Lipinski definition) is 2. The van der Waals surface area contributed by atoms with Gasteiger partial charge in [0.1, 0.15) is 0 Å². The van der Waals surface area contributed by atoms with Crippen LogP contribution in [-0.2, 0) is 9.84 Å². The number of nitrogens with two attached hydrogens (primary N) is 2. The first kappa shape index (κ1) is 11.6. The zero-order valence-electron chi connectivity index (χ0n) is 9.13. The third kappa shape index (κ3) is 1.65. The molecule has 0 amide bonds. The molecule has 88 valence electrons. The summed E-state index contributed by atoms with van der Waals surface area (Å²) in [4.78, 5) is 0. The summed E-state index contributed by atoms with van der Waals surface area (Å²) in [6.07, 6.45) is 1.22. The molecular weight excluding hydrogens is 224 g/mol. The van der Waals surface area contributed by atoms with Crippen molar-refractivity contribution in [3.05, 3.63) is 35.9 Å². The van der Waals surface area contributed by atoms with E-state index in [0.29, 0.717) is 0 Å². The quantitative estimate of drug-likeness (QED) is 0.769. The molecule has 5 heteroatoms. The SMILES string of the molecule is CS(=O)(=O)[C@H]1[C@@H](c2ccccc2)[C@@]1(N)CN. The summed E-state index contributed by atoms with van der Waals surface area (Å²) in [5.41, 5.74) is 11.8. The van der Waals surface area contributed by atoms with Gasteiger partial charge < -0.3 is 11.5 Å². The Morgan fingerprint density at radius 2 is 1.88 bits per heavy atom. The summed E-state index contributed by atoms with van der Waals surface area (Å²) in [6.45, 7) is 0.185. The fourth-order valence-electron chi connectivity index (χ4n) is 2.46. The van der Waals surface area contributed by atoms with E-state index in [1.165, 1.54) is 6.26 Å². The molecular formula is C11H16N2O2S. The molecule has 0 bridgehead atoms. The first-order valence-electron chi connectivity index (χ1n) is 5.14. The van der Waals surface area contributed by atoms with Crippen LogP contribution in [0, 0.1) is 0 Å². The average Bonchev–Trinajstić information content (AvgIpc) is 2.87. The van der Waals surface area contributed by atoms with Crippen molar-refractivity contribution in [1.82, 2.24) is 0 Å². The van der Waals surface area contributed by atoms with Crippen molar-refractivity contribution in [2.24, 2.45) is 11.5 Å². The van der Waals surface area contributed by atoms with E-state index < -0.39 is 20.6 Å². The molecule has 1 fully saturated rings. The van der Waals surface area contributed by atoms with Crippen molar-refractivity contribution in [3.63, 3.8) is 0 Å². The van der Waals surface area contributed by atoms with Gasteiger partial charge in [-0.25, -0.2) is 8.42 Å². The van der Waals surface area contributed by atoms with E-state index in [4.69, 9.17) is 11.5 Å². The Morgan fingerprint density at radius 1 is 1.31 bits per heavy atom. The Bertz CT molecular complexity index is 486. The smallest absolute Gasteiger partial charge is 0.152 e. The van der Waals surface area contributed by atoms with Crippen LogP contribution in [0.2, 0.25) is 0 Å². The van der Waals surface area contributed by atoms with Gasteiger partial charge in [0.15, 0.2) is 9.84 Å². The monoisotopic (exact) mass is 240 g/mol. The van der Waals surface area contributed by atoms with E-state index >= 15 is 0 Å². The van der Waals surface area contributed by atoms with Gasteiger partial charge in [0.25, 0.3) is 0 Å². The van der Waals surface area contributed by atoms with Crippen LogP contribution in [0.25, 0.3) is 0 Å². The van der Waals surface area contributed by atoms with Gasteiger partial charge in [-0.3, -0.25) is 0 Å². The maximum atomic E-state index is 11.6. The zero-order chi connectivity index (χ0) is 12.0. The molecule has 1 saturated carbocycles. The van der Waals surface area contributed by atoms with Crippen LogP contribution in [0.3, 0.4) is 0 Å². The summed E-state index contributed by atoms with van der Waals surface area (Å²) in [5, 5.41) is -0.549. The summed E-state index contributed by atoms with van der Waals surface area (Å²) in [5.74, 6) is -0.173. The summed E-state index contributed by atoms with van der Waals surface area (Å²) < 4.78 is 23.2. The normalized spacial score (nSPS) is 33.7. The second-order valence-corrected chi connectivity index (χ2v) is 6.62. The fourth-order valence-corrected chi connectivity index (χ4v) is 4.32. The molecule has 2 rings (SSSR count). The highest BCUT2D eigenvalue weighted by Crippen LogP contribution is 2.53. The first-order valence-corrected chi connectivity index (χ1v) is 7.09. The van der Waals surface area contributed by atoms with Gasteiger partial charge in [0.2, 0.25) is 0 Å². The van der Waals surface area contributed by atoms with Crippen LogP contribution in [-0.4, -0.2) is 32.0 Å². The topological polar surface area (TPSA) is 86.2 Å². The van der Waals surface area contributed by atoms with Crippen LogP contribution in [0.1, 0.15) is 11.5 Å². The van der Waals surface area contributed by atoms with E-state index in [1.807, 2.05) is 30.3 Å². The number of benzene rings is 1. The molecule has 0 radical (unpaired) electrons. The van der Waals surface area contributed by atoms with Crippen LogP contribution in [0.5, 0.6) is 0 Å². The average molecular weight is 240 g/mol. The van der Waals surface area contributed by atoms with E-state index in [2.05, 4.69) is 0 Å². The second kappa shape index (κ2) is 3.55. The molecule has 0 saturated heterocycles. The minimum atomic E-state index is -3.15. The predicted molar refractivity (Wildman–Crippen MR) is 63.8 cm³/mol. The lowest BCUT2D eigenvalue weighted by Crippen LogP contribution is -2.38. The molecule has 16 heavy (non-hydrogen) atoms. The maximum Gasteiger partial charge on any atom is 0.152 e. The van der Waals surface area contributed by atoms with Crippen molar-refractivity contribution in [2.45, 2.75) is 16.7 Å². The van der Waals surface area contributed by atoms with Crippen LogP contribution in [0.4, 0.5) is 0 Å². The molecule has 0 unspecified atom stereocenters. The Balaban J connectivity index is 2.38. The van der Waals surface area contributed by atoms with E-state index in [9.17, 15) is 8.42 Å². The number of sulfone groups is 1. The molecule has 4 nitrogen and oxygen atoms in total. The second-order valence-electron chi connectivity index (χ2n) is 4.45. The minimum Gasteiger partial charge on any atom is -0.329 e. The van der Waals surface area contributed by atoms with Crippen molar-refractivity contribution in [1.29, 1.82) is 0 Å². The Kier molecular flexibility index (Phi) is 2.57. The standard InChI is InChI=1S/C11H16N2O2S/c1-16(14,15)10-9(11(10,13)7-12)8-5-3-2-4-6-8/h2-6,9-10H,7,12-13H2,1H3/t9-,10+,11+/m1/s1. The highest BCUT2D eigenvalue weighted by molar-refractivity contribution is 7.91. The van der Waals surface area contributed by atoms with Gasteiger partial charge in [-0.15, -0.1) is 0 Å². The highest BCUT2D eigenvalue weighted by atomic mass is 32.2. The molecule has 1 aromatic rings. The Hall–Kier alpha value is -0.910. The molecule has 0 aliphatic heterocycles. The molecule has 1 aliphatic carbocycles. The summed E-state index contributed by atoms with van der Waals surface area (Å²) >= 11 is 0. The van der Waals surface area contributed by atoms with Crippen molar-refractivity contribution < 1.29 is 8.42 Å². The van der Waals surface area contributed by atoms with E-state index in [-0.39, 0.29) is 12.5 Å². The molecule has 0 heterocycles. The lowest BCUT2D eigenvalue weighted by molar-refractivity contribution is 0.591. The zero-order valence-corrected chi connectivity index (χ0v) is 9.94.